The second-order valence-electron chi connectivity index (χ2n) is 5.64. The van der Waals surface area contributed by atoms with E-state index in [4.69, 9.17) is 11.6 Å². The molecular weight excluding hydrogens is 388 g/mol. The highest BCUT2D eigenvalue weighted by Gasteiger charge is 2.10. The van der Waals surface area contributed by atoms with E-state index in [-0.39, 0.29) is 17.2 Å². The van der Waals surface area contributed by atoms with Crippen molar-refractivity contribution in [2.45, 2.75) is 9.79 Å². The van der Waals surface area contributed by atoms with Crippen molar-refractivity contribution < 1.29 is 4.79 Å². The van der Waals surface area contributed by atoms with Gasteiger partial charge in [0.15, 0.2) is 0 Å². The molecule has 26 heavy (non-hydrogen) atoms. The monoisotopic (exact) mass is 404 g/mol. The smallest absolute Gasteiger partial charge is 0.251 e. The Kier molecular flexibility index (Phi) is 5.96. The van der Waals surface area contributed by atoms with Crippen molar-refractivity contribution in [2.24, 2.45) is 7.05 Å². The topological polar surface area (TPSA) is 51.1 Å². The van der Waals surface area contributed by atoms with Crippen LogP contribution in [0.1, 0.15) is 0 Å². The Morgan fingerprint density at radius 1 is 1.19 bits per heavy atom. The van der Waals surface area contributed by atoms with Crippen LogP contribution in [0.2, 0.25) is 5.02 Å². The zero-order valence-corrected chi connectivity index (χ0v) is 16.7. The molecule has 0 saturated carbocycles. The van der Waals surface area contributed by atoms with Crippen molar-refractivity contribution in [3.63, 3.8) is 0 Å². The lowest BCUT2D eigenvalue weighted by Gasteiger charge is -2.11. The van der Waals surface area contributed by atoms with Gasteiger partial charge >= 0.3 is 0 Å². The Morgan fingerprint density at radius 2 is 2.00 bits per heavy atom. The number of carbonyl (C=O) groups excluding carboxylic acids is 1. The number of hydrogen-bond donors (Lipinski definition) is 1. The van der Waals surface area contributed by atoms with Gasteiger partial charge in [-0.2, -0.15) is 0 Å². The summed E-state index contributed by atoms with van der Waals surface area (Å²) in [6.45, 7) is 0. The van der Waals surface area contributed by atoms with Gasteiger partial charge in [0.25, 0.3) is 5.56 Å². The summed E-state index contributed by atoms with van der Waals surface area (Å²) in [6.07, 6.45) is 1.99. The first-order valence-electron chi connectivity index (χ1n) is 7.84. The van der Waals surface area contributed by atoms with Gasteiger partial charge in [-0.05, 0) is 42.7 Å². The highest BCUT2D eigenvalue weighted by molar-refractivity contribution is 8.00. The first-order chi connectivity index (χ1) is 12.5. The Morgan fingerprint density at radius 3 is 2.77 bits per heavy atom. The molecule has 134 valence electrons. The molecule has 0 aliphatic rings. The molecule has 0 aliphatic carbocycles. The number of thioether (sulfide) groups is 2. The first kappa shape index (κ1) is 18.9. The van der Waals surface area contributed by atoms with Crippen LogP contribution in [0.15, 0.2) is 63.1 Å². The highest BCUT2D eigenvalue weighted by atomic mass is 35.5. The van der Waals surface area contributed by atoms with Gasteiger partial charge in [0, 0.05) is 39.0 Å². The van der Waals surface area contributed by atoms with E-state index in [1.165, 1.54) is 11.8 Å². The van der Waals surface area contributed by atoms with Crippen molar-refractivity contribution in [3.05, 3.63) is 63.9 Å². The largest absolute Gasteiger partial charge is 0.325 e. The SMILES string of the molecule is CSc1cccc(NC(=O)CSc2cc(=O)n(C)c3ccc(Cl)cc23)c1. The summed E-state index contributed by atoms with van der Waals surface area (Å²) in [5.41, 5.74) is 1.44. The molecule has 0 atom stereocenters. The molecule has 7 heteroatoms. The van der Waals surface area contributed by atoms with Crippen LogP contribution in [0.5, 0.6) is 0 Å². The maximum Gasteiger partial charge on any atom is 0.251 e. The van der Waals surface area contributed by atoms with E-state index >= 15 is 0 Å². The van der Waals surface area contributed by atoms with E-state index in [0.717, 1.165) is 26.4 Å². The fraction of sp³-hybridized carbons (Fsp3) is 0.158. The fourth-order valence-corrected chi connectivity index (χ4v) is 4.06. The number of hydrogen-bond acceptors (Lipinski definition) is 4. The third kappa shape index (κ3) is 4.26. The van der Waals surface area contributed by atoms with Crippen LogP contribution >= 0.6 is 35.1 Å². The van der Waals surface area contributed by atoms with Crippen molar-refractivity contribution in [3.8, 4) is 0 Å². The van der Waals surface area contributed by atoms with Crippen LogP contribution in [-0.4, -0.2) is 22.5 Å². The number of carbonyl (C=O) groups is 1. The standard InChI is InChI=1S/C19H17ClN2O2S2/c1-22-16-7-6-12(20)8-15(16)17(10-19(22)24)26-11-18(23)21-13-4-3-5-14(9-13)25-2/h3-10H,11H2,1-2H3,(H,21,23). The number of nitrogens with zero attached hydrogens (tertiary/aromatic N) is 1. The minimum atomic E-state index is -0.121. The first-order valence-corrected chi connectivity index (χ1v) is 10.4. The molecule has 0 unspecified atom stereocenters. The molecule has 3 aromatic rings. The number of aromatic nitrogens is 1. The Hall–Kier alpha value is -1.89. The lowest BCUT2D eigenvalue weighted by atomic mass is 10.2. The molecule has 2 aromatic carbocycles. The molecule has 1 amide bonds. The number of anilines is 1. The number of fused-ring (bicyclic) bond motifs is 1. The zero-order valence-electron chi connectivity index (χ0n) is 14.3. The van der Waals surface area contributed by atoms with Crippen molar-refractivity contribution in [1.29, 1.82) is 0 Å². The minimum absolute atomic E-state index is 0.115. The number of benzene rings is 2. The average Bonchev–Trinajstić information content (AvgIpc) is 2.63. The third-order valence-electron chi connectivity index (χ3n) is 3.88. The average molecular weight is 405 g/mol. The van der Waals surface area contributed by atoms with Crippen LogP contribution in [0.4, 0.5) is 5.69 Å². The van der Waals surface area contributed by atoms with Crippen LogP contribution in [0.3, 0.4) is 0 Å². The van der Waals surface area contributed by atoms with Crippen molar-refractivity contribution in [2.75, 3.05) is 17.3 Å². The number of pyridine rings is 1. The summed E-state index contributed by atoms with van der Waals surface area (Å²) in [4.78, 5) is 26.3. The lowest BCUT2D eigenvalue weighted by Crippen LogP contribution is -2.17. The summed E-state index contributed by atoms with van der Waals surface area (Å²) < 4.78 is 1.57. The minimum Gasteiger partial charge on any atom is -0.325 e. The summed E-state index contributed by atoms with van der Waals surface area (Å²) in [7, 11) is 1.72. The van der Waals surface area contributed by atoms with Gasteiger partial charge in [-0.3, -0.25) is 9.59 Å². The molecule has 0 radical (unpaired) electrons. The van der Waals surface area contributed by atoms with Crippen LogP contribution in [-0.2, 0) is 11.8 Å². The Bertz CT molecular complexity index is 1030. The normalized spacial score (nSPS) is 10.9. The van der Waals surface area contributed by atoms with Gasteiger partial charge in [-0.25, -0.2) is 0 Å². The third-order valence-corrected chi connectivity index (χ3v) is 5.90. The summed E-state index contributed by atoms with van der Waals surface area (Å²) >= 11 is 9.05. The summed E-state index contributed by atoms with van der Waals surface area (Å²) in [5, 5.41) is 4.35. The number of halogens is 1. The summed E-state index contributed by atoms with van der Waals surface area (Å²) in [6, 6.07) is 14.6. The van der Waals surface area contributed by atoms with Gasteiger partial charge in [-0.15, -0.1) is 23.5 Å². The molecule has 1 aromatic heterocycles. The molecule has 0 aliphatic heterocycles. The Labute approximate surface area is 164 Å². The van der Waals surface area contributed by atoms with Gasteiger partial charge < -0.3 is 9.88 Å². The predicted molar refractivity (Wildman–Crippen MR) is 112 cm³/mol. The van der Waals surface area contributed by atoms with Gasteiger partial charge in [0.2, 0.25) is 5.91 Å². The summed E-state index contributed by atoms with van der Waals surface area (Å²) in [5.74, 6) is 0.0854. The van der Waals surface area contributed by atoms with E-state index < -0.39 is 0 Å². The van der Waals surface area contributed by atoms with Gasteiger partial charge in [0.05, 0.1) is 11.3 Å². The molecular formula is C19H17ClN2O2S2. The van der Waals surface area contributed by atoms with Crippen LogP contribution in [0, 0.1) is 0 Å². The molecule has 0 saturated heterocycles. The van der Waals surface area contributed by atoms with Crippen LogP contribution < -0.4 is 10.9 Å². The lowest BCUT2D eigenvalue weighted by molar-refractivity contribution is -0.113. The van der Waals surface area contributed by atoms with E-state index in [0.29, 0.717) is 5.02 Å². The van der Waals surface area contributed by atoms with Crippen molar-refractivity contribution in [1.82, 2.24) is 4.57 Å². The zero-order chi connectivity index (χ0) is 18.7. The van der Waals surface area contributed by atoms with E-state index in [1.807, 2.05) is 42.7 Å². The van der Waals surface area contributed by atoms with E-state index in [9.17, 15) is 9.59 Å². The quantitative estimate of drug-likeness (QED) is 0.629. The van der Waals surface area contributed by atoms with Crippen LogP contribution in [0.25, 0.3) is 10.9 Å². The van der Waals surface area contributed by atoms with Gasteiger partial charge in [0.1, 0.15) is 0 Å². The second kappa shape index (κ2) is 8.20. The molecule has 0 bridgehead atoms. The molecule has 4 nitrogen and oxygen atoms in total. The predicted octanol–water partition coefficient (Wildman–Crippen LogP) is 4.64. The molecule has 0 spiro atoms. The molecule has 1 heterocycles. The van der Waals surface area contributed by atoms with E-state index in [1.54, 1.807) is 35.5 Å². The van der Waals surface area contributed by atoms with Crippen molar-refractivity contribution >= 4 is 57.6 Å². The van der Waals surface area contributed by atoms with Gasteiger partial charge in [-0.1, -0.05) is 17.7 Å². The molecule has 3 rings (SSSR count). The second-order valence-corrected chi connectivity index (χ2v) is 7.97. The maximum absolute atomic E-state index is 12.3. The number of nitrogens with one attached hydrogen (secondary N) is 1. The number of amides is 1. The fourth-order valence-electron chi connectivity index (χ4n) is 2.56. The van der Waals surface area contributed by atoms with E-state index in [2.05, 4.69) is 5.32 Å². The number of aryl methyl sites for hydroxylation is 1. The maximum atomic E-state index is 12.3. The highest BCUT2D eigenvalue weighted by Crippen LogP contribution is 2.28. The number of rotatable bonds is 5. The molecule has 0 fully saturated rings. The Balaban J connectivity index is 1.79. The molecule has 1 N–H and O–H groups in total.